The molecule has 0 bridgehead atoms. The SMILES string of the molecule is N#Cc1cn2c(NCc3c(F)ccc4c3CCO4)ncc(-c3cccnn3)c2n1. The molecule has 0 saturated carbocycles. The predicted molar refractivity (Wildman–Crippen MR) is 102 cm³/mol. The van der Waals surface area contributed by atoms with E-state index in [1.165, 1.54) is 6.07 Å². The van der Waals surface area contributed by atoms with Gasteiger partial charge >= 0.3 is 0 Å². The van der Waals surface area contributed by atoms with E-state index in [0.29, 0.717) is 47.2 Å². The van der Waals surface area contributed by atoms with Crippen LogP contribution in [0.15, 0.2) is 42.9 Å². The summed E-state index contributed by atoms with van der Waals surface area (Å²) in [4.78, 5) is 8.81. The number of ether oxygens (including phenoxy) is 1. The van der Waals surface area contributed by atoms with Crippen molar-refractivity contribution in [1.82, 2.24) is 24.6 Å². The first kappa shape index (κ1) is 17.1. The molecule has 0 spiro atoms. The van der Waals surface area contributed by atoms with E-state index in [9.17, 15) is 9.65 Å². The summed E-state index contributed by atoms with van der Waals surface area (Å²) in [6.45, 7) is 0.777. The maximum atomic E-state index is 14.4. The van der Waals surface area contributed by atoms with Gasteiger partial charge in [0.25, 0.3) is 0 Å². The normalized spacial score (nSPS) is 12.4. The van der Waals surface area contributed by atoms with Crippen molar-refractivity contribution >= 4 is 11.6 Å². The number of nitrogens with one attached hydrogen (secondary N) is 1. The van der Waals surface area contributed by atoms with Gasteiger partial charge in [0, 0.05) is 36.5 Å². The molecule has 0 radical (unpaired) electrons. The molecule has 8 nitrogen and oxygen atoms in total. The number of hydrogen-bond donors (Lipinski definition) is 1. The van der Waals surface area contributed by atoms with Crippen molar-refractivity contribution in [2.45, 2.75) is 13.0 Å². The average molecular weight is 387 g/mol. The summed E-state index contributed by atoms with van der Waals surface area (Å²) < 4.78 is 21.6. The number of nitriles is 1. The molecule has 0 unspecified atom stereocenters. The summed E-state index contributed by atoms with van der Waals surface area (Å²) in [7, 11) is 0. The lowest BCUT2D eigenvalue weighted by Gasteiger charge is -2.12. The molecule has 29 heavy (non-hydrogen) atoms. The molecule has 4 heterocycles. The van der Waals surface area contributed by atoms with Gasteiger partial charge in [0.2, 0.25) is 5.95 Å². The Bertz CT molecular complexity index is 1260. The number of rotatable bonds is 4. The summed E-state index contributed by atoms with van der Waals surface area (Å²) in [6.07, 6.45) is 5.44. The van der Waals surface area contributed by atoms with Gasteiger partial charge in [-0.1, -0.05) is 0 Å². The van der Waals surface area contributed by atoms with Gasteiger partial charge in [-0.15, -0.1) is 0 Å². The Morgan fingerprint density at radius 2 is 2.24 bits per heavy atom. The number of fused-ring (bicyclic) bond motifs is 2. The third-order valence-corrected chi connectivity index (χ3v) is 4.82. The zero-order valence-corrected chi connectivity index (χ0v) is 15.1. The topological polar surface area (TPSA) is 101 Å². The highest BCUT2D eigenvalue weighted by Gasteiger charge is 2.20. The largest absolute Gasteiger partial charge is 0.493 e. The third-order valence-electron chi connectivity index (χ3n) is 4.82. The summed E-state index contributed by atoms with van der Waals surface area (Å²) in [5.74, 6) is 0.865. The number of hydrogen-bond acceptors (Lipinski definition) is 7. The summed E-state index contributed by atoms with van der Waals surface area (Å²) in [5.41, 5.74) is 3.41. The maximum Gasteiger partial charge on any atom is 0.208 e. The molecule has 0 aliphatic carbocycles. The van der Waals surface area contributed by atoms with Crippen LogP contribution in [0, 0.1) is 17.1 Å². The fourth-order valence-electron chi connectivity index (χ4n) is 3.46. The highest BCUT2D eigenvalue weighted by Crippen LogP contribution is 2.31. The van der Waals surface area contributed by atoms with Gasteiger partial charge in [-0.25, -0.2) is 14.4 Å². The Hall–Kier alpha value is -4.06. The van der Waals surface area contributed by atoms with E-state index in [2.05, 4.69) is 25.5 Å². The van der Waals surface area contributed by atoms with E-state index in [4.69, 9.17) is 4.74 Å². The van der Waals surface area contributed by atoms with Crippen molar-refractivity contribution < 1.29 is 9.13 Å². The van der Waals surface area contributed by atoms with Gasteiger partial charge < -0.3 is 10.1 Å². The van der Waals surface area contributed by atoms with E-state index in [1.54, 1.807) is 41.2 Å². The summed E-state index contributed by atoms with van der Waals surface area (Å²) in [5, 5.41) is 20.4. The van der Waals surface area contributed by atoms with Gasteiger partial charge in [0.1, 0.15) is 17.6 Å². The van der Waals surface area contributed by atoms with Gasteiger partial charge in [0.05, 0.1) is 24.1 Å². The van der Waals surface area contributed by atoms with E-state index < -0.39 is 0 Å². The Kier molecular flexibility index (Phi) is 4.02. The maximum absolute atomic E-state index is 14.4. The molecule has 142 valence electrons. The standard InChI is InChI=1S/C20H14FN7O/c21-16-3-4-18-13(5-7-29-18)14(16)9-23-20-24-10-15(17-2-1-6-25-27-17)19-26-12(8-22)11-28(19)20/h1-4,6,10-11H,5,7,9H2,(H,23,24). The second-order valence-corrected chi connectivity index (χ2v) is 6.49. The number of imidazole rings is 1. The predicted octanol–water partition coefficient (Wildman–Crippen LogP) is 2.74. The minimum absolute atomic E-state index is 0.227. The summed E-state index contributed by atoms with van der Waals surface area (Å²) in [6, 6.07) is 8.66. The van der Waals surface area contributed by atoms with Crippen LogP contribution in [-0.4, -0.2) is 31.2 Å². The molecule has 1 N–H and O–H groups in total. The minimum atomic E-state index is -0.294. The van der Waals surface area contributed by atoms with Gasteiger partial charge in [-0.3, -0.25) is 4.40 Å². The molecule has 0 atom stereocenters. The molecule has 3 aromatic heterocycles. The Morgan fingerprint density at radius 3 is 3.07 bits per heavy atom. The van der Waals surface area contributed by atoms with Crippen molar-refractivity contribution in [3.8, 4) is 23.1 Å². The van der Waals surface area contributed by atoms with Crippen LogP contribution in [0.5, 0.6) is 5.75 Å². The number of aromatic nitrogens is 5. The van der Waals surface area contributed by atoms with Gasteiger partial charge in [0.15, 0.2) is 11.3 Å². The second kappa shape index (κ2) is 6.83. The van der Waals surface area contributed by atoms with Crippen LogP contribution < -0.4 is 10.1 Å². The lowest BCUT2D eigenvalue weighted by Crippen LogP contribution is -2.09. The van der Waals surface area contributed by atoms with Crippen molar-refractivity contribution in [2.75, 3.05) is 11.9 Å². The van der Waals surface area contributed by atoms with Crippen LogP contribution >= 0.6 is 0 Å². The Balaban J connectivity index is 1.55. The molecule has 4 aromatic rings. The fraction of sp³-hybridized carbons (Fsp3) is 0.150. The molecule has 1 aromatic carbocycles. The lowest BCUT2D eigenvalue weighted by molar-refractivity contribution is 0.356. The highest BCUT2D eigenvalue weighted by atomic mass is 19.1. The van der Waals surface area contributed by atoms with E-state index >= 15 is 0 Å². The van der Waals surface area contributed by atoms with Crippen LogP contribution in [0.4, 0.5) is 10.3 Å². The van der Waals surface area contributed by atoms with Crippen LogP contribution in [-0.2, 0) is 13.0 Å². The summed E-state index contributed by atoms with van der Waals surface area (Å²) >= 11 is 0. The van der Waals surface area contributed by atoms with Crippen LogP contribution in [0.2, 0.25) is 0 Å². The van der Waals surface area contributed by atoms with Crippen molar-refractivity contribution in [1.29, 1.82) is 5.26 Å². The smallest absolute Gasteiger partial charge is 0.208 e. The molecule has 5 rings (SSSR count). The van der Waals surface area contributed by atoms with Gasteiger partial charge in [-0.2, -0.15) is 15.5 Å². The number of nitrogens with zero attached hydrogens (tertiary/aromatic N) is 6. The number of benzene rings is 1. The van der Waals surface area contributed by atoms with Crippen LogP contribution in [0.25, 0.3) is 16.9 Å². The molecule has 1 aliphatic heterocycles. The highest BCUT2D eigenvalue weighted by molar-refractivity contribution is 5.76. The average Bonchev–Trinajstić information content (AvgIpc) is 3.40. The van der Waals surface area contributed by atoms with Crippen molar-refractivity contribution in [3.63, 3.8) is 0 Å². The Morgan fingerprint density at radius 1 is 1.31 bits per heavy atom. The first-order valence-electron chi connectivity index (χ1n) is 8.98. The van der Waals surface area contributed by atoms with Crippen molar-refractivity contribution in [2.24, 2.45) is 0 Å². The second-order valence-electron chi connectivity index (χ2n) is 6.49. The molecule has 1 aliphatic rings. The quantitative estimate of drug-likeness (QED) is 0.574. The monoisotopic (exact) mass is 387 g/mol. The first-order chi connectivity index (χ1) is 14.2. The van der Waals surface area contributed by atoms with E-state index in [-0.39, 0.29) is 18.1 Å². The zero-order chi connectivity index (χ0) is 19.8. The molecular weight excluding hydrogens is 373 g/mol. The van der Waals surface area contributed by atoms with E-state index in [0.717, 1.165) is 5.56 Å². The van der Waals surface area contributed by atoms with E-state index in [1.807, 2.05) is 6.07 Å². The van der Waals surface area contributed by atoms with Crippen LogP contribution in [0.1, 0.15) is 16.8 Å². The molecular formula is C20H14FN7O. The van der Waals surface area contributed by atoms with Gasteiger partial charge in [-0.05, 0) is 24.3 Å². The molecule has 0 amide bonds. The molecule has 0 saturated heterocycles. The minimum Gasteiger partial charge on any atom is -0.493 e. The molecule has 9 heteroatoms. The first-order valence-corrected chi connectivity index (χ1v) is 8.98. The number of anilines is 1. The fourth-order valence-corrected chi connectivity index (χ4v) is 3.46. The lowest BCUT2D eigenvalue weighted by atomic mass is 10.0. The van der Waals surface area contributed by atoms with Crippen molar-refractivity contribution in [3.05, 3.63) is 65.5 Å². The zero-order valence-electron chi connectivity index (χ0n) is 15.1. The van der Waals surface area contributed by atoms with Crippen LogP contribution in [0.3, 0.4) is 0 Å². The third kappa shape index (κ3) is 2.91. The Labute approximate surface area is 164 Å². The number of halogens is 1. The molecule has 0 fully saturated rings.